The quantitative estimate of drug-likeness (QED) is 0.417. The van der Waals surface area contributed by atoms with Gasteiger partial charge in [-0.2, -0.15) is 17.6 Å². The minimum atomic E-state index is -3.83. The molecular formula is C7H8F4. The topological polar surface area (TPSA) is 0 Å². The molecule has 0 aromatic carbocycles. The average molecular weight is 168 g/mol. The Morgan fingerprint density at radius 3 is 2.09 bits per heavy atom. The number of halogens is 4. The van der Waals surface area contributed by atoms with E-state index in [1.165, 1.54) is 13.0 Å². The summed E-state index contributed by atoms with van der Waals surface area (Å²) in [5.74, 6) is -8.90. The number of alkyl halides is 4. The van der Waals surface area contributed by atoms with E-state index in [-0.39, 0.29) is 0 Å². The molecule has 0 bridgehead atoms. The molecule has 1 saturated carbocycles. The predicted octanol–water partition coefficient (Wildman–Crippen LogP) is 2.85. The molecule has 0 aliphatic heterocycles. The van der Waals surface area contributed by atoms with E-state index in [9.17, 15) is 17.6 Å². The van der Waals surface area contributed by atoms with Crippen LogP contribution in [-0.4, -0.2) is 11.8 Å². The van der Waals surface area contributed by atoms with E-state index in [1.807, 2.05) is 0 Å². The van der Waals surface area contributed by atoms with Gasteiger partial charge in [-0.25, -0.2) is 0 Å². The maximum atomic E-state index is 12.4. The zero-order valence-electron chi connectivity index (χ0n) is 5.95. The van der Waals surface area contributed by atoms with Gasteiger partial charge in [0.2, 0.25) is 0 Å². The van der Waals surface area contributed by atoms with E-state index >= 15 is 0 Å². The second-order valence-corrected chi connectivity index (χ2v) is 2.66. The van der Waals surface area contributed by atoms with Crippen LogP contribution >= 0.6 is 0 Å². The molecule has 1 aliphatic carbocycles. The number of allylic oxidation sites excluding steroid dienone is 2. The lowest BCUT2D eigenvalue weighted by molar-refractivity contribution is -0.301. The maximum absolute atomic E-state index is 12.4. The van der Waals surface area contributed by atoms with Gasteiger partial charge in [0.25, 0.3) is 0 Å². The van der Waals surface area contributed by atoms with E-state index in [0.717, 1.165) is 6.08 Å². The summed E-state index contributed by atoms with van der Waals surface area (Å²) in [5.41, 5.74) is 0. The first kappa shape index (κ1) is 8.56. The highest BCUT2D eigenvalue weighted by molar-refractivity contribution is 5.11. The van der Waals surface area contributed by atoms with Gasteiger partial charge in [-0.05, 0) is 6.92 Å². The van der Waals surface area contributed by atoms with Crippen molar-refractivity contribution in [3.63, 3.8) is 0 Å². The van der Waals surface area contributed by atoms with E-state index in [4.69, 9.17) is 0 Å². The van der Waals surface area contributed by atoms with Crippen LogP contribution in [0.4, 0.5) is 17.6 Å². The molecular weight excluding hydrogens is 160 g/mol. The first-order valence-electron chi connectivity index (χ1n) is 3.30. The van der Waals surface area contributed by atoms with Crippen molar-refractivity contribution < 1.29 is 17.6 Å². The molecule has 0 heterocycles. The highest BCUT2D eigenvalue weighted by Crippen LogP contribution is 2.55. The molecule has 64 valence electrons. The van der Waals surface area contributed by atoms with Crippen molar-refractivity contribution in [3.8, 4) is 0 Å². The largest absolute Gasteiger partial charge is 0.316 e. The van der Waals surface area contributed by atoms with Crippen LogP contribution in [0.1, 0.15) is 13.3 Å². The van der Waals surface area contributed by atoms with Crippen molar-refractivity contribution in [2.75, 3.05) is 0 Å². The number of rotatable bonds is 1. The predicted molar refractivity (Wildman–Crippen MR) is 32.8 cm³/mol. The third-order valence-corrected chi connectivity index (χ3v) is 1.85. The van der Waals surface area contributed by atoms with Gasteiger partial charge in [-0.1, -0.05) is 12.2 Å². The molecule has 0 spiro atoms. The molecule has 0 N–H and O–H groups in total. The van der Waals surface area contributed by atoms with Crippen LogP contribution in [0.3, 0.4) is 0 Å². The second-order valence-electron chi connectivity index (χ2n) is 2.66. The summed E-state index contributed by atoms with van der Waals surface area (Å²) in [5, 5.41) is 0. The van der Waals surface area contributed by atoms with Gasteiger partial charge >= 0.3 is 11.8 Å². The van der Waals surface area contributed by atoms with Crippen LogP contribution in [-0.2, 0) is 0 Å². The normalized spacial score (nSPS) is 33.7. The van der Waals surface area contributed by atoms with Gasteiger partial charge < -0.3 is 0 Å². The smallest absolute Gasteiger partial charge is 0.200 e. The van der Waals surface area contributed by atoms with E-state index in [1.54, 1.807) is 0 Å². The van der Waals surface area contributed by atoms with Gasteiger partial charge in [0, 0.05) is 6.42 Å². The lowest BCUT2D eigenvalue weighted by Crippen LogP contribution is -2.57. The Labute approximate surface area is 61.9 Å². The standard InChI is InChI=1S/C7H8F4/c1-2-3-5-4-6(8,9)7(5,10)11/h2-3,5H,4H2,1H3. The van der Waals surface area contributed by atoms with Crippen molar-refractivity contribution in [2.45, 2.75) is 25.2 Å². The Morgan fingerprint density at radius 2 is 1.82 bits per heavy atom. The fourth-order valence-electron chi connectivity index (χ4n) is 1.10. The Balaban J connectivity index is 2.69. The summed E-state index contributed by atoms with van der Waals surface area (Å²) in [6, 6.07) is 0. The SMILES string of the molecule is CC=CC1CC(F)(F)C1(F)F. The Morgan fingerprint density at radius 1 is 1.27 bits per heavy atom. The molecule has 0 amide bonds. The van der Waals surface area contributed by atoms with Crippen molar-refractivity contribution >= 4 is 0 Å². The third-order valence-electron chi connectivity index (χ3n) is 1.85. The van der Waals surface area contributed by atoms with E-state index < -0.39 is 24.2 Å². The summed E-state index contributed by atoms with van der Waals surface area (Å²) >= 11 is 0. The van der Waals surface area contributed by atoms with Gasteiger partial charge in [0.05, 0.1) is 5.92 Å². The maximum Gasteiger partial charge on any atom is 0.316 e. The highest BCUT2D eigenvalue weighted by Gasteiger charge is 2.70. The van der Waals surface area contributed by atoms with Gasteiger partial charge in [-0.3, -0.25) is 0 Å². The van der Waals surface area contributed by atoms with E-state index in [0.29, 0.717) is 0 Å². The van der Waals surface area contributed by atoms with Gasteiger partial charge in [0.15, 0.2) is 0 Å². The van der Waals surface area contributed by atoms with Crippen LogP contribution in [0.2, 0.25) is 0 Å². The highest BCUT2D eigenvalue weighted by atomic mass is 19.3. The lowest BCUT2D eigenvalue weighted by Gasteiger charge is -2.42. The van der Waals surface area contributed by atoms with Crippen LogP contribution in [0.5, 0.6) is 0 Å². The zero-order valence-corrected chi connectivity index (χ0v) is 5.95. The Hall–Kier alpha value is -0.540. The Bertz CT molecular complexity index is 183. The molecule has 0 radical (unpaired) electrons. The number of hydrogen-bond donors (Lipinski definition) is 0. The van der Waals surface area contributed by atoms with E-state index in [2.05, 4.69) is 0 Å². The first-order chi connectivity index (χ1) is 4.92. The first-order valence-corrected chi connectivity index (χ1v) is 3.30. The van der Waals surface area contributed by atoms with Crippen molar-refractivity contribution in [2.24, 2.45) is 5.92 Å². The summed E-state index contributed by atoms with van der Waals surface area (Å²) in [6.45, 7) is 1.53. The Kier molecular flexibility index (Phi) is 1.73. The molecule has 11 heavy (non-hydrogen) atoms. The molecule has 4 heteroatoms. The van der Waals surface area contributed by atoms with Crippen LogP contribution in [0, 0.1) is 5.92 Å². The molecule has 1 rings (SSSR count). The summed E-state index contributed by atoms with van der Waals surface area (Å²) < 4.78 is 48.9. The molecule has 0 nitrogen and oxygen atoms in total. The fraction of sp³-hybridized carbons (Fsp3) is 0.714. The van der Waals surface area contributed by atoms with Crippen molar-refractivity contribution in [1.29, 1.82) is 0 Å². The van der Waals surface area contributed by atoms with Crippen LogP contribution in [0.15, 0.2) is 12.2 Å². The minimum absolute atomic E-state index is 0.732. The third kappa shape index (κ3) is 1.04. The molecule has 1 aliphatic rings. The minimum Gasteiger partial charge on any atom is -0.200 e. The van der Waals surface area contributed by atoms with Crippen molar-refractivity contribution in [1.82, 2.24) is 0 Å². The fourth-order valence-corrected chi connectivity index (χ4v) is 1.10. The molecule has 0 aromatic rings. The van der Waals surface area contributed by atoms with Gasteiger partial charge in [0.1, 0.15) is 0 Å². The summed E-state index contributed by atoms with van der Waals surface area (Å²) in [4.78, 5) is 0. The molecule has 0 saturated heterocycles. The van der Waals surface area contributed by atoms with Gasteiger partial charge in [-0.15, -0.1) is 0 Å². The monoisotopic (exact) mass is 168 g/mol. The second kappa shape index (κ2) is 2.22. The van der Waals surface area contributed by atoms with Crippen LogP contribution in [0.25, 0.3) is 0 Å². The zero-order chi connectivity index (χ0) is 8.70. The molecule has 1 atom stereocenters. The lowest BCUT2D eigenvalue weighted by atomic mass is 9.76. The van der Waals surface area contributed by atoms with Crippen LogP contribution < -0.4 is 0 Å². The summed E-state index contributed by atoms with van der Waals surface area (Å²) in [6.07, 6.45) is 1.76. The molecule has 1 fully saturated rings. The van der Waals surface area contributed by atoms with Crippen molar-refractivity contribution in [3.05, 3.63) is 12.2 Å². The number of hydrogen-bond acceptors (Lipinski definition) is 0. The molecule has 0 aromatic heterocycles. The molecule has 1 unspecified atom stereocenters. The summed E-state index contributed by atoms with van der Waals surface area (Å²) in [7, 11) is 0. The average Bonchev–Trinajstić information content (AvgIpc) is 1.87.